The summed E-state index contributed by atoms with van der Waals surface area (Å²) >= 11 is 0. The number of methoxy groups -OCH3 is 1. The van der Waals surface area contributed by atoms with Crippen LogP contribution in [0.5, 0.6) is 5.75 Å². The van der Waals surface area contributed by atoms with E-state index in [4.69, 9.17) is 9.15 Å². The number of rotatable bonds is 6. The molecule has 7 heteroatoms. The number of para-hydroxylation sites is 2. The van der Waals surface area contributed by atoms with Gasteiger partial charge >= 0.3 is 0 Å². The fraction of sp³-hybridized carbons (Fsp3) is 0.421. The first-order valence-electron chi connectivity index (χ1n) is 8.75. The van der Waals surface area contributed by atoms with Crippen LogP contribution in [0.4, 0.5) is 5.69 Å². The number of ether oxygens (including phenoxy) is 1. The third-order valence-electron chi connectivity index (χ3n) is 4.27. The van der Waals surface area contributed by atoms with Gasteiger partial charge in [-0.2, -0.15) is 0 Å². The highest BCUT2D eigenvalue weighted by molar-refractivity contribution is 14.0. The number of hydrogen-bond acceptors (Lipinski definition) is 4. The predicted molar refractivity (Wildman–Crippen MR) is 116 cm³/mol. The quantitative estimate of drug-likeness (QED) is 0.386. The summed E-state index contributed by atoms with van der Waals surface area (Å²) in [5.41, 5.74) is 1.15. The lowest BCUT2D eigenvalue weighted by Crippen LogP contribution is -2.44. The molecule has 0 spiro atoms. The molecule has 1 aromatic heterocycles. The summed E-state index contributed by atoms with van der Waals surface area (Å²) < 4.78 is 10.8. The highest BCUT2D eigenvalue weighted by atomic mass is 127. The van der Waals surface area contributed by atoms with Crippen molar-refractivity contribution in [2.24, 2.45) is 4.99 Å². The lowest BCUT2D eigenvalue weighted by Gasteiger charge is -2.22. The minimum Gasteiger partial charge on any atom is -0.495 e. The Morgan fingerprint density at radius 1 is 1.31 bits per heavy atom. The molecular formula is C19H27IN4O2. The highest BCUT2D eigenvalue weighted by Gasteiger charge is 2.25. The van der Waals surface area contributed by atoms with E-state index in [1.807, 2.05) is 30.3 Å². The van der Waals surface area contributed by atoms with E-state index in [1.165, 1.54) is 0 Å². The molecule has 2 N–H and O–H groups in total. The van der Waals surface area contributed by atoms with E-state index in [0.29, 0.717) is 12.6 Å². The molecule has 6 nitrogen and oxygen atoms in total. The summed E-state index contributed by atoms with van der Waals surface area (Å²) in [4.78, 5) is 6.96. The smallest absolute Gasteiger partial charge is 0.191 e. The van der Waals surface area contributed by atoms with E-state index >= 15 is 0 Å². The molecule has 2 aromatic rings. The molecule has 0 amide bonds. The number of nitrogens with one attached hydrogen (secondary N) is 2. The van der Waals surface area contributed by atoms with Gasteiger partial charge in [-0.3, -0.25) is 0 Å². The number of nitrogens with zero attached hydrogens (tertiary/aromatic N) is 2. The Hall–Kier alpha value is -1.90. The van der Waals surface area contributed by atoms with Gasteiger partial charge in [0.1, 0.15) is 18.1 Å². The second-order valence-electron chi connectivity index (χ2n) is 6.02. The molecule has 0 saturated carbocycles. The SMILES string of the molecule is CCNC(=NCc1ccco1)NC1CCN(c2ccccc2OC)C1.I. The maximum absolute atomic E-state index is 5.48. The highest BCUT2D eigenvalue weighted by Crippen LogP contribution is 2.30. The van der Waals surface area contributed by atoms with Crippen molar-refractivity contribution in [3.63, 3.8) is 0 Å². The molecule has 0 bridgehead atoms. The van der Waals surface area contributed by atoms with Crippen LogP contribution in [0.1, 0.15) is 19.1 Å². The average Bonchev–Trinajstić information content (AvgIpc) is 3.32. The molecule has 1 saturated heterocycles. The van der Waals surface area contributed by atoms with E-state index in [0.717, 1.165) is 49.2 Å². The number of benzene rings is 1. The third-order valence-corrected chi connectivity index (χ3v) is 4.27. The maximum atomic E-state index is 5.48. The monoisotopic (exact) mass is 470 g/mol. The van der Waals surface area contributed by atoms with Crippen LogP contribution in [-0.2, 0) is 6.54 Å². The molecule has 142 valence electrons. The van der Waals surface area contributed by atoms with Crippen LogP contribution in [0.15, 0.2) is 52.1 Å². The Labute approximate surface area is 172 Å². The number of aliphatic imine (C=N–C) groups is 1. The Balaban J connectivity index is 0.00000243. The fourth-order valence-corrected chi connectivity index (χ4v) is 3.06. The van der Waals surface area contributed by atoms with Gasteiger partial charge in [0.05, 0.1) is 19.1 Å². The van der Waals surface area contributed by atoms with Crippen molar-refractivity contribution >= 4 is 35.6 Å². The molecule has 1 atom stereocenters. The van der Waals surface area contributed by atoms with Crippen LogP contribution in [0.3, 0.4) is 0 Å². The van der Waals surface area contributed by atoms with Crippen molar-refractivity contribution in [2.75, 3.05) is 31.6 Å². The maximum Gasteiger partial charge on any atom is 0.191 e. The standard InChI is InChI=1S/C19H26N4O2.HI/c1-3-20-19(21-13-16-7-6-12-25-16)22-15-10-11-23(14-15)17-8-4-5-9-18(17)24-2;/h4-9,12,15H,3,10-11,13-14H2,1-2H3,(H2,20,21,22);1H. The molecule has 0 aliphatic carbocycles. The second kappa shape index (κ2) is 10.3. The number of halogens is 1. The lowest BCUT2D eigenvalue weighted by molar-refractivity contribution is 0.415. The number of furan rings is 1. The van der Waals surface area contributed by atoms with Gasteiger partial charge in [0, 0.05) is 25.7 Å². The second-order valence-corrected chi connectivity index (χ2v) is 6.02. The van der Waals surface area contributed by atoms with Crippen LogP contribution in [0, 0.1) is 0 Å². The Morgan fingerprint density at radius 2 is 2.15 bits per heavy atom. The molecule has 3 rings (SSSR count). The number of hydrogen-bond donors (Lipinski definition) is 2. The molecule has 0 radical (unpaired) electrons. The molecule has 1 aromatic carbocycles. The molecule has 1 fully saturated rings. The van der Waals surface area contributed by atoms with Crippen molar-refractivity contribution in [1.82, 2.24) is 10.6 Å². The third kappa shape index (κ3) is 5.30. The van der Waals surface area contributed by atoms with Crippen molar-refractivity contribution in [3.8, 4) is 5.75 Å². The van der Waals surface area contributed by atoms with E-state index in [1.54, 1.807) is 13.4 Å². The Morgan fingerprint density at radius 3 is 2.88 bits per heavy atom. The van der Waals surface area contributed by atoms with Crippen molar-refractivity contribution in [3.05, 3.63) is 48.4 Å². The molecule has 26 heavy (non-hydrogen) atoms. The Bertz CT molecular complexity index is 691. The first kappa shape index (κ1) is 20.4. The summed E-state index contributed by atoms with van der Waals surface area (Å²) in [6.45, 7) is 5.35. The summed E-state index contributed by atoms with van der Waals surface area (Å²) in [7, 11) is 1.72. The van der Waals surface area contributed by atoms with Gasteiger partial charge in [-0.15, -0.1) is 24.0 Å². The van der Waals surface area contributed by atoms with E-state index in [-0.39, 0.29) is 24.0 Å². The van der Waals surface area contributed by atoms with Gasteiger partial charge in [0.15, 0.2) is 5.96 Å². The summed E-state index contributed by atoms with van der Waals surface area (Å²) in [6.07, 6.45) is 2.73. The van der Waals surface area contributed by atoms with E-state index < -0.39 is 0 Å². The van der Waals surface area contributed by atoms with Gasteiger partial charge < -0.3 is 24.7 Å². The predicted octanol–water partition coefficient (Wildman–Crippen LogP) is 3.24. The zero-order chi connectivity index (χ0) is 17.5. The van der Waals surface area contributed by atoms with Gasteiger partial charge in [0.2, 0.25) is 0 Å². The molecule has 2 heterocycles. The van der Waals surface area contributed by atoms with Gasteiger partial charge in [-0.05, 0) is 37.6 Å². The largest absolute Gasteiger partial charge is 0.495 e. The normalized spacial score (nSPS) is 16.9. The van der Waals surface area contributed by atoms with Crippen molar-refractivity contribution in [1.29, 1.82) is 0 Å². The fourth-order valence-electron chi connectivity index (χ4n) is 3.06. The molecule has 1 unspecified atom stereocenters. The minimum absolute atomic E-state index is 0. The van der Waals surface area contributed by atoms with Crippen LogP contribution in [0.25, 0.3) is 0 Å². The molecule has 1 aliphatic heterocycles. The van der Waals surface area contributed by atoms with Crippen molar-refractivity contribution in [2.45, 2.75) is 25.9 Å². The molecule has 1 aliphatic rings. The lowest BCUT2D eigenvalue weighted by atomic mass is 10.2. The van der Waals surface area contributed by atoms with Crippen molar-refractivity contribution < 1.29 is 9.15 Å². The van der Waals surface area contributed by atoms with Gasteiger partial charge in [0.25, 0.3) is 0 Å². The van der Waals surface area contributed by atoms with Crippen LogP contribution >= 0.6 is 24.0 Å². The first-order valence-corrected chi connectivity index (χ1v) is 8.75. The average molecular weight is 470 g/mol. The topological polar surface area (TPSA) is 62.0 Å². The first-order chi connectivity index (χ1) is 12.3. The number of anilines is 1. The van der Waals surface area contributed by atoms with Gasteiger partial charge in [-0.25, -0.2) is 4.99 Å². The zero-order valence-corrected chi connectivity index (χ0v) is 17.6. The van der Waals surface area contributed by atoms with Crippen LogP contribution in [-0.4, -0.2) is 38.7 Å². The zero-order valence-electron chi connectivity index (χ0n) is 15.3. The summed E-state index contributed by atoms with van der Waals surface area (Å²) in [5, 5.41) is 6.83. The minimum atomic E-state index is 0. The van der Waals surface area contributed by atoms with Crippen LogP contribution < -0.4 is 20.3 Å². The summed E-state index contributed by atoms with van der Waals surface area (Å²) in [6, 6.07) is 12.3. The Kier molecular flexibility index (Phi) is 8.08. The van der Waals surface area contributed by atoms with Gasteiger partial charge in [-0.1, -0.05) is 12.1 Å². The summed E-state index contributed by atoms with van der Waals surface area (Å²) in [5.74, 6) is 2.60. The van der Waals surface area contributed by atoms with E-state index in [9.17, 15) is 0 Å². The van der Waals surface area contributed by atoms with E-state index in [2.05, 4.69) is 33.5 Å². The molecular weight excluding hydrogens is 443 g/mol. The number of guanidine groups is 1. The van der Waals surface area contributed by atoms with Crippen LogP contribution in [0.2, 0.25) is 0 Å².